The molecule has 0 saturated carbocycles. The second-order valence-corrected chi connectivity index (χ2v) is 5.87. The van der Waals surface area contributed by atoms with Gasteiger partial charge in [-0.2, -0.15) is 0 Å². The van der Waals surface area contributed by atoms with Gasteiger partial charge in [-0.15, -0.1) is 0 Å². The van der Waals surface area contributed by atoms with E-state index >= 15 is 0 Å². The van der Waals surface area contributed by atoms with Gasteiger partial charge in [-0.3, -0.25) is 0 Å². The molecule has 98 valence electrons. The summed E-state index contributed by atoms with van der Waals surface area (Å²) in [5.41, 5.74) is 4.22. The topological polar surface area (TPSA) is 12.0 Å². The lowest BCUT2D eigenvalue weighted by atomic mass is 9.70. The minimum absolute atomic E-state index is 0.157. The third-order valence-corrected chi connectivity index (χ3v) is 4.49. The van der Waals surface area contributed by atoms with Gasteiger partial charge in [0.1, 0.15) is 0 Å². The van der Waals surface area contributed by atoms with Crippen LogP contribution in [-0.2, 0) is 11.8 Å². The Morgan fingerprint density at radius 2 is 1.74 bits per heavy atom. The zero-order valence-electron chi connectivity index (χ0n) is 11.1. The van der Waals surface area contributed by atoms with Gasteiger partial charge in [0.15, 0.2) is 0 Å². The fourth-order valence-electron chi connectivity index (χ4n) is 2.90. The van der Waals surface area contributed by atoms with Gasteiger partial charge in [-0.05, 0) is 36.1 Å². The van der Waals surface area contributed by atoms with Crippen LogP contribution in [0.5, 0.6) is 0 Å². The first kappa shape index (κ1) is 12.7. The molecule has 1 fully saturated rings. The molecule has 2 aromatic carbocycles. The summed E-state index contributed by atoms with van der Waals surface area (Å²) in [5.74, 6) is 0. The van der Waals surface area contributed by atoms with E-state index in [1.54, 1.807) is 0 Å². The van der Waals surface area contributed by atoms with Crippen molar-refractivity contribution in [3.05, 3.63) is 70.2 Å². The molecule has 0 aromatic heterocycles. The molecule has 1 nitrogen and oxygen atoms in total. The van der Waals surface area contributed by atoms with Crippen molar-refractivity contribution < 1.29 is 0 Å². The molecule has 19 heavy (non-hydrogen) atoms. The molecule has 3 rings (SSSR count). The molecule has 1 aliphatic heterocycles. The fraction of sp³-hybridized carbons (Fsp3) is 0.294. The van der Waals surface area contributed by atoms with Gasteiger partial charge >= 0.3 is 0 Å². The summed E-state index contributed by atoms with van der Waals surface area (Å²) in [7, 11) is 0. The number of aryl methyl sites for hydroxylation is 1. The van der Waals surface area contributed by atoms with Gasteiger partial charge < -0.3 is 5.32 Å². The Kier molecular flexibility index (Phi) is 3.34. The molecular formula is C17H18ClN. The van der Waals surface area contributed by atoms with Crippen molar-refractivity contribution in [3.8, 4) is 0 Å². The van der Waals surface area contributed by atoms with Crippen LogP contribution in [0.15, 0.2) is 48.5 Å². The summed E-state index contributed by atoms with van der Waals surface area (Å²) in [4.78, 5) is 0. The van der Waals surface area contributed by atoms with Crippen LogP contribution in [0.1, 0.15) is 16.7 Å². The van der Waals surface area contributed by atoms with Gasteiger partial charge in [-0.25, -0.2) is 0 Å². The van der Waals surface area contributed by atoms with E-state index in [1.165, 1.54) is 16.7 Å². The van der Waals surface area contributed by atoms with E-state index < -0.39 is 0 Å². The van der Waals surface area contributed by atoms with Crippen molar-refractivity contribution in [2.45, 2.75) is 18.8 Å². The number of benzene rings is 2. The summed E-state index contributed by atoms with van der Waals surface area (Å²) in [6.07, 6.45) is 1.05. The molecule has 0 radical (unpaired) electrons. The Labute approximate surface area is 119 Å². The van der Waals surface area contributed by atoms with Gasteiger partial charge in [0.2, 0.25) is 0 Å². The SMILES string of the molecule is Cc1ccccc1CC1(c2ccccc2Cl)CNC1. The van der Waals surface area contributed by atoms with Crippen LogP contribution < -0.4 is 5.32 Å². The smallest absolute Gasteiger partial charge is 0.0444 e. The van der Waals surface area contributed by atoms with Crippen LogP contribution in [0.25, 0.3) is 0 Å². The van der Waals surface area contributed by atoms with Crippen molar-refractivity contribution in [2.24, 2.45) is 0 Å². The van der Waals surface area contributed by atoms with Crippen molar-refractivity contribution >= 4 is 11.6 Å². The van der Waals surface area contributed by atoms with Crippen LogP contribution in [0.4, 0.5) is 0 Å². The summed E-state index contributed by atoms with van der Waals surface area (Å²) in [6.45, 7) is 4.19. The summed E-state index contributed by atoms with van der Waals surface area (Å²) >= 11 is 6.40. The zero-order chi connectivity index (χ0) is 13.3. The minimum atomic E-state index is 0.157. The van der Waals surface area contributed by atoms with E-state index in [0.717, 1.165) is 24.5 Å². The first-order chi connectivity index (χ1) is 9.21. The van der Waals surface area contributed by atoms with E-state index in [1.807, 2.05) is 12.1 Å². The lowest BCUT2D eigenvalue weighted by Gasteiger charge is -2.44. The highest BCUT2D eigenvalue weighted by atomic mass is 35.5. The quantitative estimate of drug-likeness (QED) is 0.897. The highest BCUT2D eigenvalue weighted by Crippen LogP contribution is 2.37. The minimum Gasteiger partial charge on any atom is -0.315 e. The predicted molar refractivity (Wildman–Crippen MR) is 80.9 cm³/mol. The van der Waals surface area contributed by atoms with Crippen LogP contribution >= 0.6 is 11.6 Å². The lowest BCUT2D eigenvalue weighted by Crippen LogP contribution is -2.58. The number of halogens is 1. The molecule has 0 bridgehead atoms. The monoisotopic (exact) mass is 271 g/mol. The third-order valence-electron chi connectivity index (χ3n) is 4.16. The molecule has 1 aliphatic rings. The van der Waals surface area contributed by atoms with E-state index in [9.17, 15) is 0 Å². The summed E-state index contributed by atoms with van der Waals surface area (Å²) in [6, 6.07) is 16.9. The fourth-order valence-corrected chi connectivity index (χ4v) is 3.24. The molecule has 2 aromatic rings. The number of hydrogen-bond donors (Lipinski definition) is 1. The Balaban J connectivity index is 1.97. The van der Waals surface area contributed by atoms with E-state index in [-0.39, 0.29) is 5.41 Å². The van der Waals surface area contributed by atoms with Gasteiger partial charge in [0.25, 0.3) is 0 Å². The van der Waals surface area contributed by atoms with E-state index in [2.05, 4.69) is 48.6 Å². The molecule has 0 aliphatic carbocycles. The maximum absolute atomic E-state index is 6.40. The first-order valence-corrected chi connectivity index (χ1v) is 7.09. The summed E-state index contributed by atoms with van der Waals surface area (Å²) in [5, 5.41) is 4.30. The van der Waals surface area contributed by atoms with Crippen molar-refractivity contribution in [2.75, 3.05) is 13.1 Å². The Morgan fingerprint density at radius 3 is 2.37 bits per heavy atom. The maximum Gasteiger partial charge on any atom is 0.0444 e. The van der Waals surface area contributed by atoms with Crippen molar-refractivity contribution in [1.29, 1.82) is 0 Å². The molecular weight excluding hydrogens is 254 g/mol. The molecule has 1 heterocycles. The first-order valence-electron chi connectivity index (χ1n) is 6.72. The molecule has 1 N–H and O–H groups in total. The van der Waals surface area contributed by atoms with Gasteiger partial charge in [0.05, 0.1) is 0 Å². The predicted octanol–water partition coefficient (Wildman–Crippen LogP) is 3.73. The molecule has 0 unspecified atom stereocenters. The summed E-state index contributed by atoms with van der Waals surface area (Å²) < 4.78 is 0. The highest BCUT2D eigenvalue weighted by molar-refractivity contribution is 6.31. The number of nitrogens with one attached hydrogen (secondary N) is 1. The Morgan fingerprint density at radius 1 is 1.05 bits per heavy atom. The maximum atomic E-state index is 6.40. The van der Waals surface area contributed by atoms with Crippen molar-refractivity contribution in [1.82, 2.24) is 5.32 Å². The van der Waals surface area contributed by atoms with Gasteiger partial charge in [0, 0.05) is 23.5 Å². The second-order valence-electron chi connectivity index (χ2n) is 5.47. The normalized spacial score (nSPS) is 16.9. The van der Waals surface area contributed by atoms with Crippen LogP contribution in [0.2, 0.25) is 5.02 Å². The van der Waals surface area contributed by atoms with Gasteiger partial charge in [-0.1, -0.05) is 54.1 Å². The largest absolute Gasteiger partial charge is 0.315 e. The Bertz CT molecular complexity index is 587. The van der Waals surface area contributed by atoms with E-state index in [4.69, 9.17) is 11.6 Å². The molecule has 0 atom stereocenters. The molecule has 1 saturated heterocycles. The van der Waals surface area contributed by atoms with Crippen LogP contribution in [0.3, 0.4) is 0 Å². The van der Waals surface area contributed by atoms with Crippen LogP contribution in [-0.4, -0.2) is 13.1 Å². The zero-order valence-corrected chi connectivity index (χ0v) is 11.9. The second kappa shape index (κ2) is 4.99. The third kappa shape index (κ3) is 2.29. The molecule has 0 amide bonds. The number of rotatable bonds is 3. The molecule has 0 spiro atoms. The highest BCUT2D eigenvalue weighted by Gasteiger charge is 2.40. The van der Waals surface area contributed by atoms with Crippen LogP contribution in [0, 0.1) is 6.92 Å². The molecule has 2 heteroatoms. The standard InChI is InChI=1S/C17H18ClN/c1-13-6-2-3-7-14(13)10-17(11-19-12-17)15-8-4-5-9-16(15)18/h2-9,19H,10-12H2,1H3. The van der Waals surface area contributed by atoms with E-state index in [0.29, 0.717) is 0 Å². The average Bonchev–Trinajstić information content (AvgIpc) is 2.37. The van der Waals surface area contributed by atoms with Crippen molar-refractivity contribution in [3.63, 3.8) is 0 Å². The number of hydrogen-bond acceptors (Lipinski definition) is 1. The lowest BCUT2D eigenvalue weighted by molar-refractivity contribution is 0.274. The average molecular weight is 272 g/mol. The Hall–Kier alpha value is -1.31.